The molecule has 102 valence electrons. The zero-order valence-corrected chi connectivity index (χ0v) is 13.1. The van der Waals surface area contributed by atoms with Crippen LogP contribution in [0.2, 0.25) is 0 Å². The Morgan fingerprint density at radius 3 is 2.21 bits per heavy atom. The molecule has 2 rings (SSSR count). The van der Waals surface area contributed by atoms with Crippen molar-refractivity contribution < 1.29 is 0 Å². The van der Waals surface area contributed by atoms with Crippen LogP contribution >= 0.6 is 11.3 Å². The van der Waals surface area contributed by atoms with E-state index >= 15 is 0 Å². The number of nitrogens with two attached hydrogens (primary N) is 1. The van der Waals surface area contributed by atoms with Crippen molar-refractivity contribution in [2.75, 3.05) is 0 Å². The first-order valence-electron chi connectivity index (χ1n) is 6.59. The van der Waals surface area contributed by atoms with Gasteiger partial charge in [0.1, 0.15) is 5.01 Å². The van der Waals surface area contributed by atoms with Crippen LogP contribution in [0.4, 0.5) is 0 Å². The Bertz CT molecular complexity index is 561. The summed E-state index contributed by atoms with van der Waals surface area (Å²) in [5.74, 6) is 0. The Morgan fingerprint density at radius 1 is 1.11 bits per heavy atom. The summed E-state index contributed by atoms with van der Waals surface area (Å²) in [6.07, 6.45) is 0. The van der Waals surface area contributed by atoms with Gasteiger partial charge < -0.3 is 5.73 Å². The molecule has 0 amide bonds. The van der Waals surface area contributed by atoms with Crippen molar-refractivity contribution in [1.29, 1.82) is 0 Å². The molecule has 2 N–H and O–H groups in total. The van der Waals surface area contributed by atoms with Crippen molar-refractivity contribution in [2.24, 2.45) is 11.1 Å². The van der Waals surface area contributed by atoms with E-state index in [2.05, 4.69) is 58.9 Å². The summed E-state index contributed by atoms with van der Waals surface area (Å²) in [7, 11) is 0. The minimum absolute atomic E-state index is 0.0181. The lowest BCUT2D eigenvalue weighted by atomic mass is 9.88. The van der Waals surface area contributed by atoms with E-state index in [1.165, 1.54) is 16.0 Å². The highest BCUT2D eigenvalue weighted by Gasteiger charge is 2.26. The maximum absolute atomic E-state index is 6.30. The second-order valence-corrected chi connectivity index (χ2v) is 7.40. The van der Waals surface area contributed by atoms with Gasteiger partial charge in [-0.05, 0) is 19.3 Å². The van der Waals surface area contributed by atoms with E-state index in [0.29, 0.717) is 0 Å². The van der Waals surface area contributed by atoms with Gasteiger partial charge in [-0.25, -0.2) is 4.98 Å². The zero-order chi connectivity index (χ0) is 14.2. The van der Waals surface area contributed by atoms with Crippen molar-refractivity contribution in [1.82, 2.24) is 4.98 Å². The van der Waals surface area contributed by atoms with E-state index in [4.69, 9.17) is 10.7 Å². The molecule has 0 fully saturated rings. The van der Waals surface area contributed by atoms with Crippen molar-refractivity contribution in [3.8, 4) is 11.3 Å². The molecule has 0 spiro atoms. The van der Waals surface area contributed by atoms with Crippen LogP contribution in [0.1, 0.15) is 42.3 Å². The average Bonchev–Trinajstić information content (AvgIpc) is 2.70. The molecule has 0 aliphatic carbocycles. The van der Waals surface area contributed by atoms with Crippen LogP contribution in [-0.4, -0.2) is 4.98 Å². The first-order chi connectivity index (χ1) is 8.79. The number of thiazole rings is 1. The summed E-state index contributed by atoms with van der Waals surface area (Å²) >= 11 is 1.71. The molecule has 1 aromatic carbocycles. The van der Waals surface area contributed by atoms with Gasteiger partial charge >= 0.3 is 0 Å². The molecule has 3 heteroatoms. The number of aromatic nitrogens is 1. The summed E-state index contributed by atoms with van der Waals surface area (Å²) < 4.78 is 0. The summed E-state index contributed by atoms with van der Waals surface area (Å²) in [5, 5.41) is 1.03. The van der Waals surface area contributed by atoms with Gasteiger partial charge in [0, 0.05) is 10.4 Å². The molecule has 0 saturated carbocycles. The van der Waals surface area contributed by atoms with Crippen LogP contribution in [0.5, 0.6) is 0 Å². The second-order valence-electron chi connectivity index (χ2n) is 6.17. The molecule has 2 nitrogen and oxygen atoms in total. The number of nitrogens with zero attached hydrogens (tertiary/aromatic N) is 1. The van der Waals surface area contributed by atoms with Crippen LogP contribution in [-0.2, 0) is 0 Å². The molecule has 2 aromatic rings. The zero-order valence-electron chi connectivity index (χ0n) is 12.3. The number of benzene rings is 1. The van der Waals surface area contributed by atoms with Crippen molar-refractivity contribution >= 4 is 11.3 Å². The van der Waals surface area contributed by atoms with Gasteiger partial charge in [-0.15, -0.1) is 11.3 Å². The van der Waals surface area contributed by atoms with Gasteiger partial charge in [0.05, 0.1) is 11.7 Å². The van der Waals surface area contributed by atoms with Crippen molar-refractivity contribution in [2.45, 2.75) is 40.7 Å². The third-order valence-corrected chi connectivity index (χ3v) is 4.39. The molecule has 0 bridgehead atoms. The lowest BCUT2D eigenvalue weighted by molar-refractivity contribution is 0.326. The fourth-order valence-corrected chi connectivity index (χ4v) is 3.09. The van der Waals surface area contributed by atoms with Crippen LogP contribution in [0.3, 0.4) is 0 Å². The summed E-state index contributed by atoms with van der Waals surface area (Å²) in [5.41, 5.74) is 9.85. The van der Waals surface area contributed by atoms with Crippen LogP contribution in [0, 0.1) is 19.3 Å². The molecular weight excluding hydrogens is 252 g/mol. The Morgan fingerprint density at radius 2 is 1.68 bits per heavy atom. The maximum Gasteiger partial charge on any atom is 0.111 e. The Balaban J connectivity index is 2.39. The van der Waals surface area contributed by atoms with Crippen LogP contribution in [0.25, 0.3) is 11.3 Å². The molecule has 0 radical (unpaired) electrons. The van der Waals surface area contributed by atoms with E-state index in [9.17, 15) is 0 Å². The van der Waals surface area contributed by atoms with Crippen LogP contribution < -0.4 is 5.73 Å². The maximum atomic E-state index is 6.30. The average molecular weight is 274 g/mol. The van der Waals surface area contributed by atoms with E-state index in [-0.39, 0.29) is 11.5 Å². The molecule has 0 saturated heterocycles. The highest BCUT2D eigenvalue weighted by Crippen LogP contribution is 2.36. The van der Waals surface area contributed by atoms with E-state index in [0.717, 1.165) is 10.7 Å². The van der Waals surface area contributed by atoms with Gasteiger partial charge in [-0.3, -0.25) is 0 Å². The fraction of sp³-hybridized carbons (Fsp3) is 0.438. The molecule has 19 heavy (non-hydrogen) atoms. The van der Waals surface area contributed by atoms with Gasteiger partial charge in [0.2, 0.25) is 0 Å². The highest BCUT2D eigenvalue weighted by molar-refractivity contribution is 7.12. The lowest BCUT2D eigenvalue weighted by Gasteiger charge is -2.24. The highest BCUT2D eigenvalue weighted by atomic mass is 32.1. The summed E-state index contributed by atoms with van der Waals surface area (Å²) in [4.78, 5) is 6.00. The minimum Gasteiger partial charge on any atom is -0.322 e. The minimum atomic E-state index is -0.0181. The molecule has 1 unspecified atom stereocenters. The number of rotatable bonds is 2. The normalized spacial score (nSPS) is 13.6. The summed E-state index contributed by atoms with van der Waals surface area (Å²) in [6.45, 7) is 10.7. The van der Waals surface area contributed by atoms with Crippen LogP contribution in [0.15, 0.2) is 24.3 Å². The molecule has 1 heterocycles. The van der Waals surface area contributed by atoms with E-state index in [1.54, 1.807) is 11.3 Å². The molecule has 0 aliphatic rings. The third-order valence-electron chi connectivity index (χ3n) is 3.34. The van der Waals surface area contributed by atoms with Gasteiger partial charge in [-0.1, -0.05) is 50.6 Å². The molecule has 1 atom stereocenters. The van der Waals surface area contributed by atoms with E-state index in [1.807, 2.05) is 0 Å². The van der Waals surface area contributed by atoms with E-state index < -0.39 is 0 Å². The number of hydrogen-bond acceptors (Lipinski definition) is 3. The van der Waals surface area contributed by atoms with Crippen molar-refractivity contribution in [3.63, 3.8) is 0 Å². The predicted octanol–water partition coefficient (Wildman–Crippen LogP) is 4.47. The number of hydrogen-bond donors (Lipinski definition) is 1. The number of aryl methyl sites for hydroxylation is 2. The topological polar surface area (TPSA) is 38.9 Å². The van der Waals surface area contributed by atoms with Gasteiger partial charge in [-0.2, -0.15) is 0 Å². The molecule has 1 aromatic heterocycles. The summed E-state index contributed by atoms with van der Waals surface area (Å²) in [6, 6.07) is 8.48. The second kappa shape index (κ2) is 5.06. The lowest BCUT2D eigenvalue weighted by Crippen LogP contribution is -2.26. The Hall–Kier alpha value is -1.19. The largest absolute Gasteiger partial charge is 0.322 e. The first-order valence-corrected chi connectivity index (χ1v) is 7.40. The van der Waals surface area contributed by atoms with Gasteiger partial charge in [0.25, 0.3) is 0 Å². The molecule has 0 aliphatic heterocycles. The van der Waals surface area contributed by atoms with Gasteiger partial charge in [0.15, 0.2) is 0 Å². The van der Waals surface area contributed by atoms with Crippen molar-refractivity contribution in [3.05, 3.63) is 39.7 Å². The monoisotopic (exact) mass is 274 g/mol. The SMILES string of the molecule is Cc1ccc(-c2nc(C(N)C(C)(C)C)sc2C)cc1. The standard InChI is InChI=1S/C16H22N2S/c1-10-6-8-12(9-7-10)13-11(2)19-15(18-13)14(17)16(3,4)5/h6-9,14H,17H2,1-5H3. The molecular formula is C16H22N2S. The first kappa shape index (κ1) is 14.2. The smallest absolute Gasteiger partial charge is 0.111 e. The third kappa shape index (κ3) is 3.04. The fourth-order valence-electron chi connectivity index (χ4n) is 1.90. The predicted molar refractivity (Wildman–Crippen MR) is 83.4 cm³/mol. The quantitative estimate of drug-likeness (QED) is 0.877. The Kier molecular flexibility index (Phi) is 3.79. The Labute approximate surface area is 119 Å².